The van der Waals surface area contributed by atoms with Gasteiger partial charge in [0.25, 0.3) is 0 Å². The van der Waals surface area contributed by atoms with E-state index in [-0.39, 0.29) is 5.69 Å². The Morgan fingerprint density at radius 2 is 1.56 bits per heavy atom. The summed E-state index contributed by atoms with van der Waals surface area (Å²) in [7, 11) is 0. The fourth-order valence-corrected chi connectivity index (χ4v) is 1.55. The molecule has 1 nitrogen and oxygen atoms in total. The summed E-state index contributed by atoms with van der Waals surface area (Å²) in [5, 5.41) is 0.583. The first kappa shape index (κ1) is 10.9. The lowest BCUT2D eigenvalue weighted by Gasteiger charge is -2.05. The molecule has 2 aromatic carbocycles. The Kier molecular flexibility index (Phi) is 2.79. The van der Waals surface area contributed by atoms with Gasteiger partial charge in [-0.3, -0.25) is 0 Å². The zero-order valence-corrected chi connectivity index (χ0v) is 8.93. The molecule has 0 aliphatic heterocycles. The van der Waals surface area contributed by atoms with E-state index in [2.05, 4.69) is 0 Å². The molecule has 0 bridgehead atoms. The lowest BCUT2D eigenvalue weighted by Crippen LogP contribution is -1.95. The molecule has 2 N–H and O–H groups in total. The van der Waals surface area contributed by atoms with Gasteiger partial charge in [-0.25, -0.2) is 8.78 Å². The van der Waals surface area contributed by atoms with Gasteiger partial charge in [0.05, 0.1) is 5.69 Å². The molecule has 0 fully saturated rings. The van der Waals surface area contributed by atoms with Crippen molar-refractivity contribution in [1.82, 2.24) is 0 Å². The van der Waals surface area contributed by atoms with Crippen molar-refractivity contribution in [2.24, 2.45) is 0 Å². The number of nitrogen functional groups attached to an aromatic ring is 1. The van der Waals surface area contributed by atoms with Crippen LogP contribution in [0.5, 0.6) is 0 Å². The summed E-state index contributed by atoms with van der Waals surface area (Å²) in [6.45, 7) is 0. The molecule has 0 aromatic heterocycles. The Labute approximate surface area is 96.5 Å². The normalized spacial score (nSPS) is 10.4. The van der Waals surface area contributed by atoms with Crippen molar-refractivity contribution in [3.05, 3.63) is 53.1 Å². The molecule has 0 spiro atoms. The van der Waals surface area contributed by atoms with Gasteiger partial charge in [0.15, 0.2) is 11.6 Å². The first-order chi connectivity index (χ1) is 7.58. The van der Waals surface area contributed by atoms with Crippen molar-refractivity contribution in [3.8, 4) is 11.1 Å². The van der Waals surface area contributed by atoms with E-state index in [1.807, 2.05) is 0 Å². The molecule has 4 heteroatoms. The van der Waals surface area contributed by atoms with Crippen molar-refractivity contribution in [2.45, 2.75) is 0 Å². The Balaban J connectivity index is 2.52. The van der Waals surface area contributed by atoms with E-state index in [1.165, 1.54) is 6.07 Å². The number of nitrogens with two attached hydrogens (primary N) is 1. The fraction of sp³-hybridized carbons (Fsp3) is 0. The second-order valence-electron chi connectivity index (χ2n) is 3.37. The summed E-state index contributed by atoms with van der Waals surface area (Å²) in [5.41, 5.74) is 6.40. The lowest BCUT2D eigenvalue weighted by molar-refractivity contribution is 0.512. The molecule has 0 atom stereocenters. The summed E-state index contributed by atoms with van der Waals surface area (Å²) in [6, 6.07) is 9.28. The Morgan fingerprint density at radius 1 is 0.938 bits per heavy atom. The fourth-order valence-electron chi connectivity index (χ4n) is 1.42. The average molecular weight is 240 g/mol. The molecule has 0 amide bonds. The predicted molar refractivity (Wildman–Crippen MR) is 61.2 cm³/mol. The SMILES string of the molecule is Nc1cc(-c2ccc(Cl)cc2)cc(F)c1F. The molecule has 0 saturated heterocycles. The van der Waals surface area contributed by atoms with Crippen LogP contribution in [-0.4, -0.2) is 0 Å². The van der Waals surface area contributed by atoms with Gasteiger partial charge in [0.1, 0.15) is 0 Å². The van der Waals surface area contributed by atoms with Gasteiger partial charge < -0.3 is 5.73 Å². The first-order valence-electron chi connectivity index (χ1n) is 4.58. The first-order valence-corrected chi connectivity index (χ1v) is 4.96. The van der Waals surface area contributed by atoms with Crippen LogP contribution >= 0.6 is 11.6 Å². The summed E-state index contributed by atoms with van der Waals surface area (Å²) in [6.07, 6.45) is 0. The van der Waals surface area contributed by atoms with Gasteiger partial charge in [-0.15, -0.1) is 0 Å². The molecule has 0 radical (unpaired) electrons. The maximum Gasteiger partial charge on any atom is 0.181 e. The molecule has 0 saturated carbocycles. The maximum absolute atomic E-state index is 13.1. The van der Waals surface area contributed by atoms with Crippen LogP contribution < -0.4 is 5.73 Å². The molecule has 0 aliphatic carbocycles. The van der Waals surface area contributed by atoms with Gasteiger partial charge in [0, 0.05) is 5.02 Å². The third-order valence-corrected chi connectivity index (χ3v) is 2.49. The Bertz CT molecular complexity index is 500. The van der Waals surface area contributed by atoms with Crippen LogP contribution in [0.25, 0.3) is 11.1 Å². The molecular weight excluding hydrogens is 232 g/mol. The van der Waals surface area contributed by atoms with E-state index in [4.69, 9.17) is 17.3 Å². The van der Waals surface area contributed by atoms with Crippen molar-refractivity contribution >= 4 is 17.3 Å². The highest BCUT2D eigenvalue weighted by molar-refractivity contribution is 6.30. The number of halogens is 3. The Hall–Kier alpha value is -1.61. The van der Waals surface area contributed by atoms with Crippen LogP contribution in [0.4, 0.5) is 14.5 Å². The lowest BCUT2D eigenvalue weighted by atomic mass is 10.0. The number of anilines is 1. The van der Waals surface area contributed by atoms with Crippen molar-refractivity contribution in [1.29, 1.82) is 0 Å². The quantitative estimate of drug-likeness (QED) is 0.751. The van der Waals surface area contributed by atoms with Crippen LogP contribution in [0, 0.1) is 11.6 Å². The van der Waals surface area contributed by atoms with E-state index < -0.39 is 11.6 Å². The van der Waals surface area contributed by atoms with E-state index in [9.17, 15) is 8.78 Å². The average Bonchev–Trinajstić information content (AvgIpc) is 2.26. The number of rotatable bonds is 1. The van der Waals surface area contributed by atoms with Crippen molar-refractivity contribution < 1.29 is 8.78 Å². The summed E-state index contributed by atoms with van der Waals surface area (Å²) >= 11 is 5.73. The number of benzene rings is 2. The number of hydrogen-bond acceptors (Lipinski definition) is 1. The standard InChI is InChI=1S/C12H8ClF2N/c13-9-3-1-7(2-4-9)8-5-10(14)12(15)11(16)6-8/h1-6H,16H2. The van der Waals surface area contributed by atoms with Crippen LogP contribution in [0.3, 0.4) is 0 Å². The van der Waals surface area contributed by atoms with Gasteiger partial charge in [-0.1, -0.05) is 23.7 Å². The van der Waals surface area contributed by atoms with E-state index in [0.29, 0.717) is 10.6 Å². The minimum Gasteiger partial charge on any atom is -0.396 e. The third kappa shape index (κ3) is 1.99. The molecule has 16 heavy (non-hydrogen) atoms. The third-order valence-electron chi connectivity index (χ3n) is 2.23. The van der Waals surface area contributed by atoms with Gasteiger partial charge >= 0.3 is 0 Å². The molecule has 0 unspecified atom stereocenters. The molecule has 2 rings (SSSR count). The zero-order chi connectivity index (χ0) is 11.7. The summed E-state index contributed by atoms with van der Waals surface area (Å²) in [5.74, 6) is -1.97. The minimum absolute atomic E-state index is 0.204. The van der Waals surface area contributed by atoms with Gasteiger partial charge in [0.2, 0.25) is 0 Å². The van der Waals surface area contributed by atoms with Gasteiger partial charge in [-0.2, -0.15) is 0 Å². The molecule has 82 valence electrons. The summed E-state index contributed by atoms with van der Waals surface area (Å²) < 4.78 is 26.1. The molecule has 0 heterocycles. The smallest absolute Gasteiger partial charge is 0.181 e. The highest BCUT2D eigenvalue weighted by Crippen LogP contribution is 2.26. The highest BCUT2D eigenvalue weighted by Gasteiger charge is 2.09. The van der Waals surface area contributed by atoms with Crippen molar-refractivity contribution in [3.63, 3.8) is 0 Å². The van der Waals surface area contributed by atoms with Gasteiger partial charge in [-0.05, 0) is 35.4 Å². The van der Waals surface area contributed by atoms with E-state index in [0.717, 1.165) is 11.6 Å². The summed E-state index contributed by atoms with van der Waals surface area (Å²) in [4.78, 5) is 0. The van der Waals surface area contributed by atoms with Crippen LogP contribution in [-0.2, 0) is 0 Å². The molecule has 0 aliphatic rings. The number of hydrogen-bond donors (Lipinski definition) is 1. The van der Waals surface area contributed by atoms with E-state index >= 15 is 0 Å². The minimum atomic E-state index is -1.02. The zero-order valence-electron chi connectivity index (χ0n) is 8.18. The van der Waals surface area contributed by atoms with Crippen LogP contribution in [0.1, 0.15) is 0 Å². The largest absolute Gasteiger partial charge is 0.396 e. The van der Waals surface area contributed by atoms with Crippen LogP contribution in [0.2, 0.25) is 5.02 Å². The monoisotopic (exact) mass is 239 g/mol. The second kappa shape index (κ2) is 4.10. The second-order valence-corrected chi connectivity index (χ2v) is 3.80. The van der Waals surface area contributed by atoms with Crippen molar-refractivity contribution in [2.75, 3.05) is 5.73 Å². The molecule has 2 aromatic rings. The maximum atomic E-state index is 13.1. The van der Waals surface area contributed by atoms with E-state index in [1.54, 1.807) is 24.3 Å². The Morgan fingerprint density at radius 3 is 2.12 bits per heavy atom. The molecular formula is C12H8ClF2N. The van der Waals surface area contributed by atoms with Crippen LogP contribution in [0.15, 0.2) is 36.4 Å². The topological polar surface area (TPSA) is 26.0 Å². The highest BCUT2D eigenvalue weighted by atomic mass is 35.5. The predicted octanol–water partition coefficient (Wildman–Crippen LogP) is 3.87.